The highest BCUT2D eigenvalue weighted by molar-refractivity contribution is 5.80. The van der Waals surface area contributed by atoms with Crippen LogP contribution in [-0.4, -0.2) is 38.7 Å². The molecule has 0 radical (unpaired) electrons. The van der Waals surface area contributed by atoms with E-state index in [1.54, 1.807) is 6.08 Å². The zero-order valence-corrected chi connectivity index (χ0v) is 16.6. The van der Waals surface area contributed by atoms with E-state index in [0.717, 1.165) is 43.2 Å². The second-order valence-electron chi connectivity index (χ2n) is 6.87. The standard InChI is InChI=1S/C23H30N4O/c1-3-17-28-22-12-8-7-9-19(22)18-25-23(24-2)26-20-13-15-27(16-14-20)21-10-5-4-6-11-21/h3-12,20H,1,13-18H2,2H3,(H2,24,25,26). The first-order valence-corrected chi connectivity index (χ1v) is 9.89. The van der Waals surface area contributed by atoms with Crippen molar-refractivity contribution in [2.45, 2.75) is 25.4 Å². The zero-order chi connectivity index (χ0) is 19.6. The number of hydrogen-bond acceptors (Lipinski definition) is 3. The monoisotopic (exact) mass is 378 g/mol. The van der Waals surface area contributed by atoms with E-state index in [0.29, 0.717) is 19.2 Å². The Balaban J connectivity index is 1.49. The maximum absolute atomic E-state index is 5.73. The van der Waals surface area contributed by atoms with Gasteiger partial charge in [0.2, 0.25) is 0 Å². The Morgan fingerprint density at radius 2 is 1.86 bits per heavy atom. The molecule has 2 aromatic carbocycles. The third-order valence-corrected chi connectivity index (χ3v) is 4.96. The summed E-state index contributed by atoms with van der Waals surface area (Å²) in [6.07, 6.45) is 3.94. The number of piperidine rings is 1. The molecule has 5 heteroatoms. The fourth-order valence-electron chi connectivity index (χ4n) is 3.43. The largest absolute Gasteiger partial charge is 0.489 e. The third-order valence-electron chi connectivity index (χ3n) is 4.96. The number of guanidine groups is 1. The predicted octanol–water partition coefficient (Wildman–Crippen LogP) is 3.59. The molecule has 1 heterocycles. The van der Waals surface area contributed by atoms with Crippen LogP contribution >= 0.6 is 0 Å². The quantitative estimate of drug-likeness (QED) is 0.439. The van der Waals surface area contributed by atoms with Gasteiger partial charge in [0.25, 0.3) is 0 Å². The molecule has 1 fully saturated rings. The Labute approximate surface area is 168 Å². The number of ether oxygens (including phenoxy) is 1. The molecule has 28 heavy (non-hydrogen) atoms. The molecule has 3 rings (SSSR count). The fourth-order valence-corrected chi connectivity index (χ4v) is 3.43. The Hall–Kier alpha value is -2.95. The molecule has 1 saturated heterocycles. The zero-order valence-electron chi connectivity index (χ0n) is 16.6. The number of para-hydroxylation sites is 2. The molecule has 0 spiro atoms. The summed E-state index contributed by atoms with van der Waals surface area (Å²) in [5.74, 6) is 1.71. The van der Waals surface area contributed by atoms with Crippen LogP contribution in [0.3, 0.4) is 0 Å². The van der Waals surface area contributed by atoms with Gasteiger partial charge in [-0.3, -0.25) is 4.99 Å². The second kappa shape index (κ2) is 10.4. The summed E-state index contributed by atoms with van der Waals surface area (Å²) in [6.45, 7) is 6.98. The summed E-state index contributed by atoms with van der Waals surface area (Å²) >= 11 is 0. The van der Waals surface area contributed by atoms with Gasteiger partial charge in [-0.15, -0.1) is 0 Å². The number of nitrogens with one attached hydrogen (secondary N) is 2. The lowest BCUT2D eigenvalue weighted by atomic mass is 10.0. The number of benzene rings is 2. The molecule has 0 saturated carbocycles. The SMILES string of the molecule is C=CCOc1ccccc1CNC(=NC)NC1CCN(c2ccccc2)CC1. The summed E-state index contributed by atoms with van der Waals surface area (Å²) in [7, 11) is 1.81. The number of nitrogens with zero attached hydrogens (tertiary/aromatic N) is 2. The van der Waals surface area contributed by atoms with Gasteiger partial charge in [-0.05, 0) is 31.0 Å². The van der Waals surface area contributed by atoms with Crippen molar-refractivity contribution in [2.75, 3.05) is 31.6 Å². The summed E-state index contributed by atoms with van der Waals surface area (Å²) in [4.78, 5) is 6.84. The molecule has 0 aromatic heterocycles. The van der Waals surface area contributed by atoms with Gasteiger partial charge in [-0.1, -0.05) is 49.1 Å². The first-order valence-electron chi connectivity index (χ1n) is 9.89. The van der Waals surface area contributed by atoms with Crippen molar-refractivity contribution in [1.29, 1.82) is 0 Å². The Morgan fingerprint density at radius 1 is 1.14 bits per heavy atom. The average molecular weight is 379 g/mol. The van der Waals surface area contributed by atoms with Crippen LogP contribution in [0.25, 0.3) is 0 Å². The number of rotatable bonds is 7. The summed E-state index contributed by atoms with van der Waals surface area (Å²) in [5.41, 5.74) is 2.41. The van der Waals surface area contributed by atoms with Crippen LogP contribution in [0.15, 0.2) is 72.2 Å². The van der Waals surface area contributed by atoms with E-state index in [1.165, 1.54) is 5.69 Å². The molecule has 2 N–H and O–H groups in total. The van der Waals surface area contributed by atoms with E-state index >= 15 is 0 Å². The van der Waals surface area contributed by atoms with Crippen molar-refractivity contribution in [1.82, 2.24) is 10.6 Å². The van der Waals surface area contributed by atoms with Gasteiger partial charge in [0, 0.05) is 44.0 Å². The van der Waals surface area contributed by atoms with Crippen LogP contribution in [0.1, 0.15) is 18.4 Å². The minimum absolute atomic E-state index is 0.429. The van der Waals surface area contributed by atoms with Crippen molar-refractivity contribution in [3.05, 3.63) is 72.8 Å². The molecule has 148 valence electrons. The van der Waals surface area contributed by atoms with Crippen molar-refractivity contribution < 1.29 is 4.74 Å². The van der Waals surface area contributed by atoms with E-state index in [1.807, 2.05) is 25.2 Å². The van der Waals surface area contributed by atoms with Gasteiger partial charge in [0.05, 0.1) is 0 Å². The molecule has 0 atom stereocenters. The maximum Gasteiger partial charge on any atom is 0.191 e. The van der Waals surface area contributed by atoms with Gasteiger partial charge in [-0.25, -0.2) is 0 Å². The fraction of sp³-hybridized carbons (Fsp3) is 0.348. The van der Waals surface area contributed by atoms with E-state index in [4.69, 9.17) is 4.74 Å². The molecular weight excluding hydrogens is 348 g/mol. The topological polar surface area (TPSA) is 48.9 Å². The Kier molecular flexibility index (Phi) is 7.36. The van der Waals surface area contributed by atoms with Crippen molar-refractivity contribution >= 4 is 11.6 Å². The Bertz CT molecular complexity index is 767. The summed E-state index contributed by atoms with van der Waals surface area (Å²) in [6, 6.07) is 19.1. The molecule has 0 bridgehead atoms. The molecule has 5 nitrogen and oxygen atoms in total. The summed E-state index contributed by atoms with van der Waals surface area (Å²) < 4.78 is 5.73. The van der Waals surface area contributed by atoms with Gasteiger partial charge in [0.1, 0.15) is 12.4 Å². The number of aliphatic imine (C=N–C) groups is 1. The lowest BCUT2D eigenvalue weighted by Crippen LogP contribution is -2.48. The van der Waals surface area contributed by atoms with Crippen LogP contribution in [-0.2, 0) is 6.54 Å². The first kappa shape index (κ1) is 19.8. The Morgan fingerprint density at radius 3 is 2.57 bits per heavy atom. The van der Waals surface area contributed by atoms with Gasteiger partial charge < -0.3 is 20.3 Å². The highest BCUT2D eigenvalue weighted by Crippen LogP contribution is 2.20. The van der Waals surface area contributed by atoms with E-state index in [2.05, 4.69) is 63.5 Å². The average Bonchev–Trinajstić information content (AvgIpc) is 2.76. The van der Waals surface area contributed by atoms with Crippen LogP contribution in [0, 0.1) is 0 Å². The van der Waals surface area contributed by atoms with Gasteiger partial charge >= 0.3 is 0 Å². The van der Waals surface area contributed by atoms with Crippen molar-refractivity contribution in [2.24, 2.45) is 4.99 Å². The lowest BCUT2D eigenvalue weighted by molar-refractivity contribution is 0.358. The maximum atomic E-state index is 5.73. The molecule has 2 aromatic rings. The molecule has 1 aliphatic rings. The third kappa shape index (κ3) is 5.52. The van der Waals surface area contributed by atoms with Crippen LogP contribution in [0.5, 0.6) is 5.75 Å². The van der Waals surface area contributed by atoms with Crippen molar-refractivity contribution in [3.63, 3.8) is 0 Å². The van der Waals surface area contributed by atoms with E-state index < -0.39 is 0 Å². The second-order valence-corrected chi connectivity index (χ2v) is 6.87. The molecule has 0 unspecified atom stereocenters. The lowest BCUT2D eigenvalue weighted by Gasteiger charge is -2.34. The highest BCUT2D eigenvalue weighted by atomic mass is 16.5. The van der Waals surface area contributed by atoms with Crippen LogP contribution < -0.4 is 20.3 Å². The highest BCUT2D eigenvalue weighted by Gasteiger charge is 2.20. The first-order chi connectivity index (χ1) is 13.8. The van der Waals surface area contributed by atoms with Crippen LogP contribution in [0.4, 0.5) is 5.69 Å². The predicted molar refractivity (Wildman–Crippen MR) is 117 cm³/mol. The molecule has 0 amide bonds. The smallest absolute Gasteiger partial charge is 0.191 e. The number of anilines is 1. The summed E-state index contributed by atoms with van der Waals surface area (Å²) in [5, 5.41) is 6.98. The molecule has 1 aliphatic heterocycles. The minimum Gasteiger partial charge on any atom is -0.489 e. The van der Waals surface area contributed by atoms with Crippen LogP contribution in [0.2, 0.25) is 0 Å². The molecular formula is C23H30N4O. The van der Waals surface area contributed by atoms with E-state index in [9.17, 15) is 0 Å². The van der Waals surface area contributed by atoms with E-state index in [-0.39, 0.29) is 0 Å². The minimum atomic E-state index is 0.429. The van der Waals surface area contributed by atoms with Crippen molar-refractivity contribution in [3.8, 4) is 5.75 Å². The van der Waals surface area contributed by atoms with Gasteiger partial charge in [0.15, 0.2) is 5.96 Å². The normalized spacial score (nSPS) is 15.2. The van der Waals surface area contributed by atoms with Gasteiger partial charge in [-0.2, -0.15) is 0 Å². The molecule has 0 aliphatic carbocycles. The number of hydrogen-bond donors (Lipinski definition) is 2.